The van der Waals surface area contributed by atoms with E-state index in [9.17, 15) is 4.79 Å². The second-order valence-electron chi connectivity index (χ2n) is 5.36. The monoisotopic (exact) mass is 280 g/mol. The molecule has 1 saturated heterocycles. The first kappa shape index (κ1) is 13.2. The summed E-state index contributed by atoms with van der Waals surface area (Å²) in [6.07, 6.45) is 3.36. The van der Waals surface area contributed by atoms with Gasteiger partial charge in [-0.1, -0.05) is 0 Å². The maximum Gasteiger partial charge on any atom is 0.171 e. The summed E-state index contributed by atoms with van der Waals surface area (Å²) in [6, 6.07) is 0. The molecule has 19 heavy (non-hydrogen) atoms. The molecule has 0 spiro atoms. The van der Waals surface area contributed by atoms with Crippen LogP contribution < -0.4 is 0 Å². The van der Waals surface area contributed by atoms with E-state index in [1.165, 1.54) is 12.8 Å². The van der Waals surface area contributed by atoms with Gasteiger partial charge in [-0.25, -0.2) is 4.98 Å². The van der Waals surface area contributed by atoms with E-state index in [1.54, 1.807) is 18.3 Å². The van der Waals surface area contributed by atoms with Crippen molar-refractivity contribution >= 4 is 17.1 Å². The Morgan fingerprint density at radius 1 is 1.42 bits per heavy atom. The highest BCUT2D eigenvalue weighted by Gasteiger charge is 2.30. The number of thiazole rings is 1. The number of nitrogens with zero attached hydrogens (tertiary/aromatic N) is 2. The van der Waals surface area contributed by atoms with Crippen LogP contribution in [0.5, 0.6) is 0 Å². The first-order valence-corrected chi connectivity index (χ1v) is 7.86. The molecule has 1 aromatic heterocycles. The van der Waals surface area contributed by atoms with Gasteiger partial charge < -0.3 is 4.74 Å². The van der Waals surface area contributed by atoms with Crippen LogP contribution >= 0.6 is 11.3 Å². The molecule has 0 unspecified atom stereocenters. The number of morpholine rings is 1. The zero-order valence-corrected chi connectivity index (χ0v) is 12.2. The van der Waals surface area contributed by atoms with Crippen LogP contribution in [-0.2, 0) is 11.2 Å². The van der Waals surface area contributed by atoms with Crippen molar-refractivity contribution < 1.29 is 9.53 Å². The van der Waals surface area contributed by atoms with Crippen molar-refractivity contribution in [2.75, 3.05) is 32.8 Å². The Balaban J connectivity index is 1.63. The summed E-state index contributed by atoms with van der Waals surface area (Å²) in [5.41, 5.74) is 1.08. The standard InChI is InChI=1S/C14H20N2O2S/c1-10(17)14-13(11-2-3-11)15-12(19-14)4-5-16-6-8-18-9-7-16/h11H,2-9H2,1H3. The molecule has 0 amide bonds. The van der Waals surface area contributed by atoms with E-state index in [0.29, 0.717) is 5.92 Å². The highest BCUT2D eigenvalue weighted by molar-refractivity contribution is 7.13. The van der Waals surface area contributed by atoms with Crippen molar-refractivity contribution in [2.45, 2.75) is 32.1 Å². The van der Waals surface area contributed by atoms with Crippen LogP contribution in [0.3, 0.4) is 0 Å². The average Bonchev–Trinajstić information content (AvgIpc) is 3.17. The number of ketones is 1. The lowest BCUT2D eigenvalue weighted by Crippen LogP contribution is -2.37. The van der Waals surface area contributed by atoms with Gasteiger partial charge in [-0.3, -0.25) is 9.69 Å². The number of aromatic nitrogens is 1. The van der Waals surface area contributed by atoms with Crippen LogP contribution in [0.2, 0.25) is 0 Å². The molecular weight excluding hydrogens is 260 g/mol. The molecule has 0 aromatic carbocycles. The Hall–Kier alpha value is -0.780. The third-order valence-corrected chi connectivity index (χ3v) is 4.96. The van der Waals surface area contributed by atoms with Crippen molar-refractivity contribution in [1.82, 2.24) is 9.88 Å². The highest BCUT2D eigenvalue weighted by atomic mass is 32.1. The molecule has 0 bridgehead atoms. The quantitative estimate of drug-likeness (QED) is 0.775. The number of Topliss-reactive ketones (excluding diaryl/α,β-unsaturated/α-hetero) is 1. The molecule has 104 valence electrons. The smallest absolute Gasteiger partial charge is 0.171 e. The van der Waals surface area contributed by atoms with Crippen molar-refractivity contribution in [3.8, 4) is 0 Å². The average molecular weight is 280 g/mol. The Morgan fingerprint density at radius 3 is 2.79 bits per heavy atom. The van der Waals surface area contributed by atoms with Crippen LogP contribution in [-0.4, -0.2) is 48.5 Å². The topological polar surface area (TPSA) is 42.4 Å². The van der Waals surface area contributed by atoms with Gasteiger partial charge in [0.05, 0.1) is 28.8 Å². The molecule has 1 aliphatic carbocycles. The van der Waals surface area contributed by atoms with Crippen LogP contribution in [0.15, 0.2) is 0 Å². The predicted octanol–water partition coefficient (Wildman–Crippen LogP) is 2.10. The fourth-order valence-corrected chi connectivity index (χ4v) is 3.48. The summed E-state index contributed by atoms with van der Waals surface area (Å²) >= 11 is 1.61. The predicted molar refractivity (Wildman–Crippen MR) is 75.1 cm³/mol. The van der Waals surface area contributed by atoms with Crippen LogP contribution in [0.25, 0.3) is 0 Å². The third-order valence-electron chi connectivity index (χ3n) is 3.73. The van der Waals surface area contributed by atoms with E-state index in [4.69, 9.17) is 9.72 Å². The fraction of sp³-hybridized carbons (Fsp3) is 0.714. The maximum absolute atomic E-state index is 11.7. The van der Waals surface area contributed by atoms with Crippen LogP contribution in [0, 0.1) is 0 Å². The molecule has 2 heterocycles. The van der Waals surface area contributed by atoms with Crippen molar-refractivity contribution in [2.24, 2.45) is 0 Å². The first-order valence-electron chi connectivity index (χ1n) is 7.04. The number of hydrogen-bond donors (Lipinski definition) is 0. The minimum atomic E-state index is 0.178. The van der Waals surface area contributed by atoms with Gasteiger partial charge in [-0.2, -0.15) is 0 Å². The van der Waals surface area contributed by atoms with E-state index in [1.807, 2.05) is 0 Å². The van der Waals surface area contributed by atoms with Gasteiger partial charge in [0.1, 0.15) is 0 Å². The summed E-state index contributed by atoms with van der Waals surface area (Å²) in [6.45, 7) is 6.39. The number of carbonyl (C=O) groups excluding carboxylic acids is 1. The molecule has 1 saturated carbocycles. The zero-order valence-electron chi connectivity index (χ0n) is 11.4. The van der Waals surface area contributed by atoms with Gasteiger partial charge in [0.25, 0.3) is 0 Å². The molecule has 5 heteroatoms. The minimum Gasteiger partial charge on any atom is -0.379 e. The van der Waals surface area contributed by atoms with Crippen LogP contribution in [0.1, 0.15) is 46.1 Å². The largest absolute Gasteiger partial charge is 0.379 e. The Morgan fingerprint density at radius 2 is 2.16 bits per heavy atom. The lowest BCUT2D eigenvalue weighted by Gasteiger charge is -2.25. The van der Waals surface area contributed by atoms with Gasteiger partial charge in [0.15, 0.2) is 5.78 Å². The lowest BCUT2D eigenvalue weighted by molar-refractivity contribution is 0.0384. The van der Waals surface area contributed by atoms with Gasteiger partial charge in [0, 0.05) is 38.9 Å². The first-order chi connectivity index (χ1) is 9.24. The van der Waals surface area contributed by atoms with E-state index in [-0.39, 0.29) is 5.78 Å². The summed E-state index contributed by atoms with van der Waals surface area (Å²) in [4.78, 5) is 19.7. The molecule has 0 radical (unpaired) electrons. The summed E-state index contributed by atoms with van der Waals surface area (Å²) in [5.74, 6) is 0.740. The summed E-state index contributed by atoms with van der Waals surface area (Å²) < 4.78 is 5.35. The Labute approximate surface area is 117 Å². The molecule has 3 rings (SSSR count). The summed E-state index contributed by atoms with van der Waals surface area (Å²) in [5, 5.41) is 1.12. The molecule has 1 aromatic rings. The van der Waals surface area contributed by atoms with E-state index in [2.05, 4.69) is 4.90 Å². The lowest BCUT2D eigenvalue weighted by atomic mass is 10.2. The van der Waals surface area contributed by atoms with Crippen molar-refractivity contribution in [3.63, 3.8) is 0 Å². The SMILES string of the molecule is CC(=O)c1sc(CCN2CCOCC2)nc1C1CC1. The van der Waals surface area contributed by atoms with Gasteiger partial charge in [-0.05, 0) is 12.8 Å². The van der Waals surface area contributed by atoms with Crippen molar-refractivity contribution in [3.05, 3.63) is 15.6 Å². The molecule has 0 atom stereocenters. The third kappa shape index (κ3) is 3.22. The highest BCUT2D eigenvalue weighted by Crippen LogP contribution is 2.42. The Bertz CT molecular complexity index is 462. The second-order valence-corrected chi connectivity index (χ2v) is 6.44. The zero-order chi connectivity index (χ0) is 13.2. The van der Waals surface area contributed by atoms with Gasteiger partial charge >= 0.3 is 0 Å². The Kier molecular flexibility index (Phi) is 3.96. The molecule has 4 nitrogen and oxygen atoms in total. The summed E-state index contributed by atoms with van der Waals surface area (Å²) in [7, 11) is 0. The fourth-order valence-electron chi connectivity index (χ4n) is 2.45. The number of ether oxygens (including phenoxy) is 1. The van der Waals surface area contributed by atoms with Gasteiger partial charge in [-0.15, -0.1) is 11.3 Å². The molecule has 1 aliphatic heterocycles. The molecule has 0 N–H and O–H groups in total. The van der Waals surface area contributed by atoms with E-state index < -0.39 is 0 Å². The number of hydrogen-bond acceptors (Lipinski definition) is 5. The normalized spacial score (nSPS) is 20.7. The van der Waals surface area contributed by atoms with Gasteiger partial charge in [0.2, 0.25) is 0 Å². The number of rotatable bonds is 5. The van der Waals surface area contributed by atoms with Crippen molar-refractivity contribution in [1.29, 1.82) is 0 Å². The molecular formula is C14H20N2O2S. The second kappa shape index (κ2) is 5.69. The molecule has 2 aliphatic rings. The van der Waals surface area contributed by atoms with E-state index in [0.717, 1.165) is 54.8 Å². The minimum absolute atomic E-state index is 0.178. The van der Waals surface area contributed by atoms with Crippen LogP contribution in [0.4, 0.5) is 0 Å². The van der Waals surface area contributed by atoms with E-state index >= 15 is 0 Å². The number of carbonyl (C=O) groups is 1. The maximum atomic E-state index is 11.7. The molecule has 2 fully saturated rings.